The highest BCUT2D eigenvalue weighted by atomic mass is 32.2. The lowest BCUT2D eigenvalue weighted by Crippen LogP contribution is -2.39. The second-order valence-corrected chi connectivity index (χ2v) is 9.71. The second kappa shape index (κ2) is 7.92. The molecule has 0 fully saturated rings. The molecule has 1 amide bonds. The third-order valence-electron chi connectivity index (χ3n) is 5.54. The van der Waals surface area contributed by atoms with Crippen molar-refractivity contribution >= 4 is 50.0 Å². The molecule has 30 heavy (non-hydrogen) atoms. The molecule has 1 aliphatic heterocycles. The van der Waals surface area contributed by atoms with Crippen LogP contribution in [0.2, 0.25) is 0 Å². The first-order chi connectivity index (χ1) is 14.6. The molecule has 2 aromatic heterocycles. The molecule has 0 radical (unpaired) electrons. The number of rotatable bonds is 3. The molecule has 1 atom stereocenters. The number of pyridine rings is 1. The van der Waals surface area contributed by atoms with E-state index in [2.05, 4.69) is 16.5 Å². The van der Waals surface area contributed by atoms with E-state index in [0.717, 1.165) is 33.7 Å². The second-order valence-electron chi connectivity index (χ2n) is 7.64. The number of hydrogen-bond acceptors (Lipinski definition) is 7. The van der Waals surface area contributed by atoms with Gasteiger partial charge in [0.25, 0.3) is 5.91 Å². The molecule has 3 aromatic rings. The molecule has 3 heterocycles. The maximum atomic E-state index is 13.1. The molecule has 5 rings (SSSR count). The zero-order valence-electron chi connectivity index (χ0n) is 16.7. The topological polar surface area (TPSA) is 83.6 Å². The Morgan fingerprint density at radius 1 is 1.20 bits per heavy atom. The standard InChI is InChI=1S/C22H23N5OS2/c1-27-22(30-20(26-27)13-8-4-2-5-9-13)25-19(28)18-17(23)15-12-14-10-6-3-7-11-16(14)24-21(15)29-18/h2,4-5,8-9,12,22H,3,6-7,10-11,23H2,1H3,(H,25,28). The summed E-state index contributed by atoms with van der Waals surface area (Å²) in [6.07, 6.45) is 5.65. The highest BCUT2D eigenvalue weighted by Gasteiger charge is 2.29. The predicted octanol–water partition coefficient (Wildman–Crippen LogP) is 4.20. The van der Waals surface area contributed by atoms with Gasteiger partial charge in [-0.25, -0.2) is 4.98 Å². The Morgan fingerprint density at radius 3 is 2.83 bits per heavy atom. The van der Waals surface area contributed by atoms with Gasteiger partial charge in [-0.1, -0.05) is 48.5 Å². The van der Waals surface area contributed by atoms with Crippen LogP contribution in [0.3, 0.4) is 0 Å². The monoisotopic (exact) mass is 437 g/mol. The van der Waals surface area contributed by atoms with Gasteiger partial charge in [-0.2, -0.15) is 5.10 Å². The Morgan fingerprint density at radius 2 is 2.00 bits per heavy atom. The summed E-state index contributed by atoms with van der Waals surface area (Å²) < 4.78 is 0. The number of hydrazone groups is 1. The molecule has 6 nitrogen and oxygen atoms in total. The molecule has 154 valence electrons. The van der Waals surface area contributed by atoms with E-state index in [0.29, 0.717) is 10.6 Å². The maximum Gasteiger partial charge on any atom is 0.265 e. The van der Waals surface area contributed by atoms with Gasteiger partial charge in [0.2, 0.25) is 0 Å². The van der Waals surface area contributed by atoms with Crippen molar-refractivity contribution in [3.8, 4) is 0 Å². The molecule has 8 heteroatoms. The normalized spacial score (nSPS) is 18.8. The van der Waals surface area contributed by atoms with Crippen LogP contribution in [0.15, 0.2) is 41.5 Å². The highest BCUT2D eigenvalue weighted by Crippen LogP contribution is 2.36. The van der Waals surface area contributed by atoms with Gasteiger partial charge in [0, 0.05) is 23.7 Å². The number of hydrogen-bond donors (Lipinski definition) is 2. The lowest BCUT2D eigenvalue weighted by Gasteiger charge is -2.18. The molecule has 0 bridgehead atoms. The van der Waals surface area contributed by atoms with Crippen molar-refractivity contribution < 1.29 is 4.79 Å². The van der Waals surface area contributed by atoms with Crippen LogP contribution >= 0.6 is 23.1 Å². The number of nitrogens with zero attached hydrogens (tertiary/aromatic N) is 3. The number of benzene rings is 1. The number of aryl methyl sites for hydroxylation is 2. The Bertz CT molecular complexity index is 1140. The van der Waals surface area contributed by atoms with E-state index in [1.165, 1.54) is 53.6 Å². The van der Waals surface area contributed by atoms with Crippen LogP contribution in [0.25, 0.3) is 10.2 Å². The van der Waals surface area contributed by atoms with Crippen LogP contribution in [0.4, 0.5) is 5.69 Å². The largest absolute Gasteiger partial charge is 0.397 e. The van der Waals surface area contributed by atoms with Gasteiger partial charge in [-0.3, -0.25) is 9.80 Å². The number of anilines is 1. The summed E-state index contributed by atoms with van der Waals surface area (Å²) in [6, 6.07) is 12.1. The number of carbonyl (C=O) groups excluding carboxylic acids is 1. The van der Waals surface area contributed by atoms with Crippen LogP contribution in [0.5, 0.6) is 0 Å². The smallest absolute Gasteiger partial charge is 0.265 e. The Kier molecular flexibility index (Phi) is 5.12. The van der Waals surface area contributed by atoms with E-state index in [1.54, 1.807) is 5.01 Å². The van der Waals surface area contributed by atoms with Gasteiger partial charge < -0.3 is 11.1 Å². The summed E-state index contributed by atoms with van der Waals surface area (Å²) in [5, 5.41) is 11.2. The van der Waals surface area contributed by atoms with Crippen molar-refractivity contribution in [3.05, 3.63) is 58.1 Å². The lowest BCUT2D eigenvalue weighted by molar-refractivity contribution is 0.0926. The van der Waals surface area contributed by atoms with Gasteiger partial charge in [-0.05, 0) is 37.3 Å². The van der Waals surface area contributed by atoms with Gasteiger partial charge in [0.1, 0.15) is 14.8 Å². The molecule has 1 unspecified atom stereocenters. The third kappa shape index (κ3) is 3.54. The number of nitrogen functional groups attached to an aromatic ring is 1. The number of fused-ring (bicyclic) bond motifs is 2. The van der Waals surface area contributed by atoms with Crippen LogP contribution < -0.4 is 11.1 Å². The summed E-state index contributed by atoms with van der Waals surface area (Å²) in [7, 11) is 1.86. The van der Waals surface area contributed by atoms with Crippen molar-refractivity contribution in [1.29, 1.82) is 0 Å². The minimum absolute atomic E-state index is 0.181. The molecule has 0 spiro atoms. The average Bonchev–Trinajstić information content (AvgIpc) is 3.17. The number of carbonyl (C=O) groups is 1. The fraction of sp³-hybridized carbons (Fsp3) is 0.318. The van der Waals surface area contributed by atoms with Crippen molar-refractivity contribution in [2.24, 2.45) is 5.10 Å². The minimum Gasteiger partial charge on any atom is -0.397 e. The number of amides is 1. The van der Waals surface area contributed by atoms with Crippen LogP contribution in [-0.4, -0.2) is 33.5 Å². The Hall–Kier alpha value is -2.58. The predicted molar refractivity (Wildman–Crippen MR) is 125 cm³/mol. The first-order valence-corrected chi connectivity index (χ1v) is 11.8. The SMILES string of the molecule is CN1N=C(c2ccccc2)SC1NC(=O)c1sc2nc3c(cc2c1N)CCCCC3. The molecule has 3 N–H and O–H groups in total. The van der Waals surface area contributed by atoms with E-state index in [4.69, 9.17) is 10.7 Å². The lowest BCUT2D eigenvalue weighted by atomic mass is 10.1. The van der Waals surface area contributed by atoms with Crippen molar-refractivity contribution in [1.82, 2.24) is 15.3 Å². The summed E-state index contributed by atoms with van der Waals surface area (Å²) >= 11 is 2.90. The maximum absolute atomic E-state index is 13.1. The Balaban J connectivity index is 1.37. The van der Waals surface area contributed by atoms with E-state index in [9.17, 15) is 4.79 Å². The summed E-state index contributed by atoms with van der Waals surface area (Å²) in [5.74, 6) is -0.181. The average molecular weight is 438 g/mol. The summed E-state index contributed by atoms with van der Waals surface area (Å²) in [4.78, 5) is 19.3. The van der Waals surface area contributed by atoms with E-state index in [1.807, 2.05) is 37.4 Å². The number of thioether (sulfide) groups is 1. The molecule has 0 saturated carbocycles. The fourth-order valence-corrected chi connectivity index (χ4v) is 5.94. The van der Waals surface area contributed by atoms with Crippen LogP contribution in [-0.2, 0) is 12.8 Å². The van der Waals surface area contributed by atoms with Crippen molar-refractivity contribution in [3.63, 3.8) is 0 Å². The highest BCUT2D eigenvalue weighted by molar-refractivity contribution is 8.15. The van der Waals surface area contributed by atoms with E-state index < -0.39 is 0 Å². The zero-order chi connectivity index (χ0) is 20.7. The number of nitrogens with two attached hydrogens (primary N) is 1. The molecular formula is C22H23N5OS2. The van der Waals surface area contributed by atoms with E-state index >= 15 is 0 Å². The van der Waals surface area contributed by atoms with Crippen LogP contribution in [0.1, 0.15) is 45.8 Å². The molecular weight excluding hydrogens is 414 g/mol. The number of thiophene rings is 1. The Labute approximate surface area is 183 Å². The molecule has 2 aliphatic rings. The number of nitrogens with one attached hydrogen (secondary N) is 1. The van der Waals surface area contributed by atoms with Crippen molar-refractivity contribution in [2.45, 2.75) is 37.6 Å². The first-order valence-electron chi connectivity index (χ1n) is 10.2. The van der Waals surface area contributed by atoms with Gasteiger partial charge in [-0.15, -0.1) is 11.3 Å². The van der Waals surface area contributed by atoms with Crippen molar-refractivity contribution in [2.75, 3.05) is 12.8 Å². The van der Waals surface area contributed by atoms with Gasteiger partial charge >= 0.3 is 0 Å². The minimum atomic E-state index is -0.276. The van der Waals surface area contributed by atoms with E-state index in [-0.39, 0.29) is 11.4 Å². The molecule has 1 aromatic carbocycles. The quantitative estimate of drug-likeness (QED) is 0.600. The first kappa shape index (κ1) is 19.4. The number of aromatic nitrogens is 1. The van der Waals surface area contributed by atoms with Gasteiger partial charge in [0.05, 0.1) is 5.69 Å². The third-order valence-corrected chi connectivity index (χ3v) is 7.84. The molecule has 1 aliphatic carbocycles. The summed E-state index contributed by atoms with van der Waals surface area (Å²) in [5.41, 5.74) is 10.1. The molecule has 0 saturated heterocycles. The summed E-state index contributed by atoms with van der Waals surface area (Å²) in [6.45, 7) is 0. The fourth-order valence-electron chi connectivity index (χ4n) is 3.91. The zero-order valence-corrected chi connectivity index (χ0v) is 18.4. The van der Waals surface area contributed by atoms with Crippen LogP contribution in [0, 0.1) is 0 Å². The van der Waals surface area contributed by atoms with Gasteiger partial charge in [0.15, 0.2) is 5.50 Å².